The molecular formula is C26H25ClFN3O3. The second kappa shape index (κ2) is 10.1. The van der Waals surface area contributed by atoms with E-state index >= 15 is 0 Å². The molecule has 1 N–H and O–H groups in total. The Bertz CT molecular complexity index is 1290. The predicted molar refractivity (Wildman–Crippen MR) is 129 cm³/mol. The Labute approximate surface area is 202 Å². The number of hydrogen-bond acceptors (Lipinski definition) is 4. The lowest BCUT2D eigenvalue weighted by Gasteiger charge is -2.14. The van der Waals surface area contributed by atoms with Crippen LogP contribution in [-0.2, 0) is 13.2 Å². The maximum absolute atomic E-state index is 14.0. The van der Waals surface area contributed by atoms with Crippen molar-refractivity contribution in [3.63, 3.8) is 0 Å². The van der Waals surface area contributed by atoms with E-state index in [2.05, 4.69) is 36.4 Å². The van der Waals surface area contributed by atoms with Gasteiger partial charge in [0.25, 0.3) is 5.91 Å². The fraction of sp³-hybridized carbons (Fsp3) is 0.231. The lowest BCUT2D eigenvalue weighted by Crippen LogP contribution is -2.10. The van der Waals surface area contributed by atoms with Gasteiger partial charge in [-0.1, -0.05) is 43.6 Å². The van der Waals surface area contributed by atoms with Crippen LogP contribution >= 0.6 is 11.6 Å². The fourth-order valence-corrected chi connectivity index (χ4v) is 3.75. The molecule has 0 bridgehead atoms. The summed E-state index contributed by atoms with van der Waals surface area (Å²) in [5.74, 6) is 0.977. The maximum atomic E-state index is 14.0. The number of amides is 1. The minimum atomic E-state index is -0.423. The number of benzene rings is 2. The molecule has 0 aliphatic heterocycles. The van der Waals surface area contributed by atoms with Gasteiger partial charge in [-0.25, -0.2) is 4.39 Å². The lowest BCUT2D eigenvalue weighted by molar-refractivity contribution is 0.0992. The van der Waals surface area contributed by atoms with Gasteiger partial charge in [0.05, 0.1) is 18.4 Å². The molecule has 0 atom stereocenters. The van der Waals surface area contributed by atoms with Crippen LogP contribution in [0.1, 0.15) is 52.8 Å². The van der Waals surface area contributed by atoms with Crippen LogP contribution in [0.5, 0.6) is 5.75 Å². The molecule has 2 aromatic heterocycles. The molecule has 0 saturated heterocycles. The first-order valence-corrected chi connectivity index (χ1v) is 11.3. The highest BCUT2D eigenvalue weighted by Gasteiger charge is 2.15. The number of ether oxygens (including phenoxy) is 1. The number of rotatable bonds is 8. The number of carbonyl (C=O) groups excluding carboxylic acids is 1. The Morgan fingerprint density at radius 3 is 2.82 bits per heavy atom. The van der Waals surface area contributed by atoms with E-state index in [1.54, 1.807) is 30.5 Å². The molecule has 176 valence electrons. The van der Waals surface area contributed by atoms with Crippen molar-refractivity contribution >= 4 is 23.2 Å². The summed E-state index contributed by atoms with van der Waals surface area (Å²) in [6.07, 6.45) is 3.07. The number of nitrogens with zero attached hydrogens (tertiary/aromatic N) is 2. The molecule has 0 saturated carbocycles. The smallest absolute Gasteiger partial charge is 0.291 e. The first kappa shape index (κ1) is 23.6. The van der Waals surface area contributed by atoms with Crippen LogP contribution in [0.15, 0.2) is 65.3 Å². The molecule has 2 heterocycles. The van der Waals surface area contributed by atoms with E-state index in [0.29, 0.717) is 28.0 Å². The van der Waals surface area contributed by atoms with Gasteiger partial charge in [-0.15, -0.1) is 0 Å². The summed E-state index contributed by atoms with van der Waals surface area (Å²) in [6.45, 7) is 6.58. The second-order valence-electron chi connectivity index (χ2n) is 8.33. The van der Waals surface area contributed by atoms with Crippen LogP contribution in [0.4, 0.5) is 10.1 Å². The normalized spacial score (nSPS) is 11.1. The molecule has 4 rings (SSSR count). The number of hydrogen-bond donors (Lipinski definition) is 1. The zero-order valence-electron chi connectivity index (χ0n) is 19.1. The molecule has 0 fully saturated rings. The molecule has 34 heavy (non-hydrogen) atoms. The molecule has 0 unspecified atom stereocenters. The van der Waals surface area contributed by atoms with Crippen molar-refractivity contribution in [3.8, 4) is 5.75 Å². The first-order valence-electron chi connectivity index (χ1n) is 10.9. The number of anilines is 1. The maximum Gasteiger partial charge on any atom is 0.291 e. The Morgan fingerprint density at radius 2 is 2.06 bits per heavy atom. The second-order valence-corrected chi connectivity index (χ2v) is 8.74. The summed E-state index contributed by atoms with van der Waals surface area (Å²) in [7, 11) is 0. The zero-order valence-corrected chi connectivity index (χ0v) is 19.9. The topological polar surface area (TPSA) is 69.3 Å². The molecule has 8 heteroatoms. The van der Waals surface area contributed by atoms with Gasteiger partial charge in [0, 0.05) is 16.8 Å². The van der Waals surface area contributed by atoms with Crippen molar-refractivity contribution < 1.29 is 18.3 Å². The fourth-order valence-electron chi connectivity index (χ4n) is 3.52. The first-order chi connectivity index (χ1) is 16.3. The van der Waals surface area contributed by atoms with Gasteiger partial charge >= 0.3 is 0 Å². The molecule has 0 aliphatic carbocycles. The summed E-state index contributed by atoms with van der Waals surface area (Å²) in [4.78, 5) is 12.6. The van der Waals surface area contributed by atoms with Crippen molar-refractivity contribution in [2.45, 2.75) is 39.8 Å². The van der Waals surface area contributed by atoms with E-state index in [4.69, 9.17) is 20.8 Å². The van der Waals surface area contributed by atoms with E-state index < -0.39 is 11.7 Å². The highest BCUT2D eigenvalue weighted by molar-refractivity contribution is 6.31. The third-order valence-electron chi connectivity index (χ3n) is 5.32. The number of carbonyl (C=O) groups is 1. The number of furan rings is 1. The third kappa shape index (κ3) is 5.48. The molecule has 0 aliphatic rings. The van der Waals surface area contributed by atoms with Crippen LogP contribution in [0, 0.1) is 12.7 Å². The molecule has 6 nitrogen and oxygen atoms in total. The summed E-state index contributed by atoms with van der Waals surface area (Å²) < 4.78 is 27.2. The van der Waals surface area contributed by atoms with Gasteiger partial charge in [-0.2, -0.15) is 5.10 Å². The Morgan fingerprint density at radius 1 is 1.24 bits per heavy atom. The Kier molecular flexibility index (Phi) is 7.03. The monoisotopic (exact) mass is 481 g/mol. The van der Waals surface area contributed by atoms with Crippen molar-refractivity contribution in [3.05, 3.63) is 100.0 Å². The van der Waals surface area contributed by atoms with Crippen LogP contribution in [0.3, 0.4) is 0 Å². The van der Waals surface area contributed by atoms with Crippen molar-refractivity contribution in [2.24, 2.45) is 0 Å². The average molecular weight is 482 g/mol. The zero-order chi connectivity index (χ0) is 24.2. The minimum absolute atomic E-state index is 0.140. The third-order valence-corrected chi connectivity index (χ3v) is 5.67. The molecule has 0 radical (unpaired) electrons. The molecule has 2 aromatic carbocycles. The van der Waals surface area contributed by atoms with E-state index in [1.165, 1.54) is 16.9 Å². The van der Waals surface area contributed by atoms with Gasteiger partial charge in [0.2, 0.25) is 0 Å². The van der Waals surface area contributed by atoms with Crippen LogP contribution in [0.25, 0.3) is 0 Å². The predicted octanol–water partition coefficient (Wildman–Crippen LogP) is 6.58. The molecular weight excluding hydrogens is 457 g/mol. The minimum Gasteiger partial charge on any atom is -0.485 e. The molecule has 4 aromatic rings. The summed E-state index contributed by atoms with van der Waals surface area (Å²) in [5, 5.41) is 7.21. The Balaban J connectivity index is 1.38. The van der Waals surface area contributed by atoms with E-state index in [9.17, 15) is 9.18 Å². The molecule has 0 spiro atoms. The SMILES string of the molecule is Cc1ccc(C(C)C)c(OCc2ccc(C(=O)Nc3cnn(Cc4c(F)cccc4Cl)c3)o2)c1. The van der Waals surface area contributed by atoms with E-state index in [-0.39, 0.29) is 18.9 Å². The number of aromatic nitrogens is 2. The highest BCUT2D eigenvalue weighted by atomic mass is 35.5. The van der Waals surface area contributed by atoms with Crippen LogP contribution in [-0.4, -0.2) is 15.7 Å². The lowest BCUT2D eigenvalue weighted by atomic mass is 10.0. The van der Waals surface area contributed by atoms with E-state index in [0.717, 1.165) is 16.9 Å². The summed E-state index contributed by atoms with van der Waals surface area (Å²) >= 11 is 6.08. The van der Waals surface area contributed by atoms with Gasteiger partial charge < -0.3 is 14.5 Å². The van der Waals surface area contributed by atoms with Gasteiger partial charge in [-0.3, -0.25) is 9.48 Å². The molecule has 1 amide bonds. The van der Waals surface area contributed by atoms with Gasteiger partial charge in [0.15, 0.2) is 5.76 Å². The van der Waals surface area contributed by atoms with E-state index in [1.807, 2.05) is 13.0 Å². The van der Waals surface area contributed by atoms with Crippen LogP contribution in [0.2, 0.25) is 5.02 Å². The number of aryl methyl sites for hydroxylation is 1. The van der Waals surface area contributed by atoms with Crippen molar-refractivity contribution in [2.75, 3.05) is 5.32 Å². The quantitative estimate of drug-likeness (QED) is 0.308. The number of halogens is 2. The average Bonchev–Trinajstić information content (AvgIpc) is 3.44. The van der Waals surface area contributed by atoms with Crippen LogP contribution < -0.4 is 10.1 Å². The van der Waals surface area contributed by atoms with Gasteiger partial charge in [-0.05, 0) is 54.3 Å². The number of nitrogens with one attached hydrogen (secondary N) is 1. The summed E-state index contributed by atoms with van der Waals surface area (Å²) in [6, 6.07) is 13.9. The standard InChI is InChI=1S/C26H25ClFN3O3/c1-16(2)20-9-7-17(3)11-25(20)33-15-19-8-10-24(34-19)26(32)30-18-12-29-31(13-18)14-21-22(27)5-4-6-23(21)28/h4-13,16H,14-15H2,1-3H3,(H,30,32). The summed E-state index contributed by atoms with van der Waals surface area (Å²) in [5.41, 5.74) is 3.00. The van der Waals surface area contributed by atoms with Crippen molar-refractivity contribution in [1.82, 2.24) is 9.78 Å². The largest absolute Gasteiger partial charge is 0.485 e. The highest BCUT2D eigenvalue weighted by Crippen LogP contribution is 2.28. The van der Waals surface area contributed by atoms with Gasteiger partial charge in [0.1, 0.15) is 23.9 Å². The Hall–Kier alpha value is -3.58. The van der Waals surface area contributed by atoms with Crippen molar-refractivity contribution in [1.29, 1.82) is 0 Å².